The average Bonchev–Trinajstić information content (AvgIpc) is 3.48. The number of nitrogens with zero attached hydrogens (tertiary/aromatic N) is 2. The molecule has 0 aromatic heterocycles. The van der Waals surface area contributed by atoms with E-state index in [2.05, 4.69) is 46.2 Å². The van der Waals surface area contributed by atoms with E-state index in [1.165, 1.54) is 60.8 Å². The normalized spacial score (nSPS) is 31.5. The van der Waals surface area contributed by atoms with E-state index in [4.69, 9.17) is 18.9 Å². The Kier molecular flexibility index (Phi) is 8.72. The number of hydrogen-bond donors (Lipinski definition) is 2. The molecule has 2 spiro atoms. The highest BCUT2D eigenvalue weighted by molar-refractivity contribution is 5.62. The third kappa shape index (κ3) is 5.44. The van der Waals surface area contributed by atoms with Gasteiger partial charge in [-0.1, -0.05) is 62.1 Å². The Labute approximate surface area is 285 Å². The molecule has 0 amide bonds. The predicted octanol–water partition coefficient (Wildman–Crippen LogP) is 5.80. The van der Waals surface area contributed by atoms with Gasteiger partial charge in [0.1, 0.15) is 12.2 Å². The van der Waals surface area contributed by atoms with Crippen LogP contribution in [0.5, 0.6) is 23.0 Å². The Bertz CT molecular complexity index is 1460. The summed E-state index contributed by atoms with van der Waals surface area (Å²) in [5, 5.41) is 20.7. The van der Waals surface area contributed by atoms with Crippen LogP contribution in [0.25, 0.3) is 0 Å². The lowest BCUT2D eigenvalue weighted by Gasteiger charge is -2.36. The van der Waals surface area contributed by atoms with Gasteiger partial charge >= 0.3 is 0 Å². The molecular formula is C40H52N2O6. The van der Waals surface area contributed by atoms with Crippen LogP contribution >= 0.6 is 0 Å². The summed E-state index contributed by atoms with van der Waals surface area (Å²) < 4.78 is 24.4. The molecule has 0 saturated heterocycles. The first-order valence-corrected chi connectivity index (χ1v) is 18.4. The minimum Gasteiger partial charge on any atom is -0.493 e. The second-order valence-corrected chi connectivity index (χ2v) is 15.1. The Morgan fingerprint density at radius 3 is 1.54 bits per heavy atom. The van der Waals surface area contributed by atoms with Crippen LogP contribution in [0.4, 0.5) is 0 Å². The van der Waals surface area contributed by atoms with Crippen molar-refractivity contribution in [3.05, 3.63) is 70.8 Å². The van der Waals surface area contributed by atoms with Crippen LogP contribution in [-0.2, 0) is 23.9 Å². The quantitative estimate of drug-likeness (QED) is 0.232. The van der Waals surface area contributed by atoms with Crippen molar-refractivity contribution in [1.82, 2.24) is 9.80 Å². The fourth-order valence-corrected chi connectivity index (χ4v) is 9.75. The number of aliphatic hydroxyl groups is 2. The predicted molar refractivity (Wildman–Crippen MR) is 185 cm³/mol. The molecule has 8 rings (SSSR count). The van der Waals surface area contributed by atoms with Gasteiger partial charge in [0.05, 0.1) is 37.3 Å². The van der Waals surface area contributed by atoms with Crippen molar-refractivity contribution >= 4 is 0 Å². The summed E-state index contributed by atoms with van der Waals surface area (Å²) in [6.45, 7) is 6.19. The molecule has 8 heteroatoms. The molecule has 2 aliphatic carbocycles. The van der Waals surface area contributed by atoms with Crippen LogP contribution in [0.2, 0.25) is 0 Å². The molecule has 0 radical (unpaired) electrons. The Balaban J connectivity index is 0.813. The van der Waals surface area contributed by atoms with Crippen molar-refractivity contribution in [3.63, 3.8) is 0 Å². The molecule has 2 aromatic rings. The summed E-state index contributed by atoms with van der Waals surface area (Å²) in [6.07, 6.45) is 18.3. The Hall–Kier alpha value is -3.04. The van der Waals surface area contributed by atoms with Gasteiger partial charge in [-0.05, 0) is 75.1 Å². The van der Waals surface area contributed by atoms with Gasteiger partial charge in [-0.15, -0.1) is 0 Å². The summed E-state index contributed by atoms with van der Waals surface area (Å²) in [5.74, 6) is 3.39. The molecule has 8 nitrogen and oxygen atoms in total. The largest absolute Gasteiger partial charge is 0.493 e. The number of aliphatic hydroxyl groups excluding tert-OH is 2. The maximum atomic E-state index is 10.4. The van der Waals surface area contributed by atoms with Gasteiger partial charge in [-0.25, -0.2) is 0 Å². The van der Waals surface area contributed by atoms with Crippen LogP contribution in [0.3, 0.4) is 0 Å². The molecule has 48 heavy (non-hydrogen) atoms. The molecule has 2 aromatic carbocycles. The smallest absolute Gasteiger partial charge is 0.166 e. The molecule has 0 fully saturated rings. The van der Waals surface area contributed by atoms with E-state index in [1.807, 2.05) is 12.2 Å². The van der Waals surface area contributed by atoms with Gasteiger partial charge in [0.25, 0.3) is 0 Å². The highest BCUT2D eigenvalue weighted by atomic mass is 16.5. The molecule has 258 valence electrons. The van der Waals surface area contributed by atoms with Crippen molar-refractivity contribution in [3.8, 4) is 23.0 Å². The molecule has 0 saturated carbocycles. The van der Waals surface area contributed by atoms with E-state index in [0.29, 0.717) is 12.8 Å². The SMILES string of the molecule is COc1ccc2c3c1O[C@H]1C[C@@H](O)C=C[C@@]31CCN(CCCCCCCCN1CC[C@@]34C=C[C@H](O)C[C@@H]3Oc3c(OC)ccc(c34)C1)C2. The Morgan fingerprint density at radius 1 is 0.667 bits per heavy atom. The maximum absolute atomic E-state index is 10.4. The lowest BCUT2D eigenvalue weighted by molar-refractivity contribution is 0.0806. The highest BCUT2D eigenvalue weighted by Crippen LogP contribution is 2.57. The lowest BCUT2D eigenvalue weighted by atomic mass is 9.69. The summed E-state index contributed by atoms with van der Waals surface area (Å²) in [7, 11) is 3.43. The monoisotopic (exact) mass is 656 g/mol. The first-order chi connectivity index (χ1) is 23.4. The van der Waals surface area contributed by atoms with Gasteiger partial charge in [-0.2, -0.15) is 0 Å². The van der Waals surface area contributed by atoms with Crippen molar-refractivity contribution in [2.24, 2.45) is 0 Å². The van der Waals surface area contributed by atoms with E-state index in [9.17, 15) is 10.2 Å². The third-order valence-corrected chi connectivity index (χ3v) is 12.3. The van der Waals surface area contributed by atoms with Crippen molar-refractivity contribution < 1.29 is 29.2 Å². The van der Waals surface area contributed by atoms with Crippen molar-refractivity contribution in [2.45, 2.75) is 113 Å². The number of benzene rings is 2. The van der Waals surface area contributed by atoms with Gasteiger partial charge in [-0.3, -0.25) is 9.80 Å². The maximum Gasteiger partial charge on any atom is 0.166 e. The zero-order valence-corrected chi connectivity index (χ0v) is 28.7. The van der Waals surface area contributed by atoms with Gasteiger partial charge in [0, 0.05) is 37.1 Å². The molecule has 6 atom stereocenters. The molecule has 4 heterocycles. The molecule has 4 aliphatic heterocycles. The number of methoxy groups -OCH3 is 2. The van der Waals surface area contributed by atoms with Crippen LogP contribution in [0, 0.1) is 0 Å². The second kappa shape index (κ2) is 13.0. The minimum absolute atomic E-state index is 0.0329. The second-order valence-electron chi connectivity index (χ2n) is 15.1. The van der Waals surface area contributed by atoms with Crippen molar-refractivity contribution in [2.75, 3.05) is 40.4 Å². The fourth-order valence-electron chi connectivity index (χ4n) is 9.75. The zero-order valence-electron chi connectivity index (χ0n) is 28.7. The van der Waals surface area contributed by atoms with Crippen LogP contribution in [0.15, 0.2) is 48.6 Å². The van der Waals surface area contributed by atoms with Crippen LogP contribution in [-0.4, -0.2) is 84.8 Å². The van der Waals surface area contributed by atoms with Gasteiger partial charge in [0.15, 0.2) is 23.0 Å². The number of hydrogen-bond acceptors (Lipinski definition) is 8. The molecule has 6 aliphatic rings. The van der Waals surface area contributed by atoms with E-state index in [1.54, 1.807) is 14.2 Å². The van der Waals surface area contributed by atoms with Gasteiger partial charge < -0.3 is 29.2 Å². The topological polar surface area (TPSA) is 83.9 Å². The van der Waals surface area contributed by atoms with Crippen LogP contribution in [0.1, 0.15) is 86.5 Å². The molecular weight excluding hydrogens is 604 g/mol. The molecule has 0 bridgehead atoms. The third-order valence-electron chi connectivity index (χ3n) is 12.3. The van der Waals surface area contributed by atoms with E-state index < -0.39 is 12.2 Å². The first kappa shape index (κ1) is 32.2. The summed E-state index contributed by atoms with van der Waals surface area (Å²) in [4.78, 5) is 5.26. The zero-order chi connectivity index (χ0) is 32.9. The van der Waals surface area contributed by atoms with Gasteiger partial charge in [0.2, 0.25) is 0 Å². The lowest BCUT2D eigenvalue weighted by Crippen LogP contribution is -2.43. The number of rotatable bonds is 11. The number of unbranched alkanes of at least 4 members (excludes halogenated alkanes) is 5. The summed E-state index contributed by atoms with van der Waals surface area (Å²) in [6, 6.07) is 8.57. The number of ether oxygens (including phenoxy) is 4. The summed E-state index contributed by atoms with van der Waals surface area (Å²) >= 11 is 0. The molecule has 0 unspecified atom stereocenters. The summed E-state index contributed by atoms with van der Waals surface area (Å²) in [5.41, 5.74) is 4.94. The highest BCUT2D eigenvalue weighted by Gasteiger charge is 2.54. The van der Waals surface area contributed by atoms with E-state index >= 15 is 0 Å². The van der Waals surface area contributed by atoms with E-state index in [0.717, 1.165) is 75.1 Å². The van der Waals surface area contributed by atoms with Crippen molar-refractivity contribution in [1.29, 1.82) is 0 Å². The Morgan fingerprint density at radius 2 is 1.10 bits per heavy atom. The van der Waals surface area contributed by atoms with Crippen LogP contribution < -0.4 is 18.9 Å². The molecule has 2 N–H and O–H groups in total. The minimum atomic E-state index is -0.447. The van der Waals surface area contributed by atoms with E-state index in [-0.39, 0.29) is 23.0 Å². The standard InChI is InChI=1S/C40H52N2O6/c1-45-31-11-9-27-25-41(21-17-39-15-13-29(43)23-33(39)47-37(31)35(27)39)19-7-5-3-4-6-8-20-42-22-18-40-16-14-30(44)24-34(40)48-38-32(46-2)12-10-28(26-42)36(38)40/h9-16,29-30,33-34,43-44H,3-8,17-26H2,1-2H3/t29-,30-,33-,34-,39-,40-/m0/s1. The first-order valence-electron chi connectivity index (χ1n) is 18.4. The fraction of sp³-hybridized carbons (Fsp3) is 0.600. The average molecular weight is 657 g/mol.